The summed E-state index contributed by atoms with van der Waals surface area (Å²) in [5, 5.41) is 5.69. The summed E-state index contributed by atoms with van der Waals surface area (Å²) in [6.07, 6.45) is 0. The van der Waals surface area contributed by atoms with Crippen molar-refractivity contribution < 1.29 is 9.59 Å². The molecule has 0 aliphatic heterocycles. The van der Waals surface area contributed by atoms with Gasteiger partial charge in [0.2, 0.25) is 5.91 Å². The van der Waals surface area contributed by atoms with Crippen LogP contribution in [-0.4, -0.2) is 17.1 Å². The van der Waals surface area contributed by atoms with Crippen molar-refractivity contribution in [1.82, 2.24) is 0 Å². The summed E-state index contributed by atoms with van der Waals surface area (Å²) in [5.41, 5.74) is 5.32. The number of carbonyl (C=O) groups excluding carboxylic acids is 2. The van der Waals surface area contributed by atoms with Crippen molar-refractivity contribution in [2.45, 2.75) is 37.8 Å². The van der Waals surface area contributed by atoms with E-state index < -0.39 is 0 Å². The summed E-state index contributed by atoms with van der Waals surface area (Å²) in [6, 6.07) is 21.0. The van der Waals surface area contributed by atoms with Crippen molar-refractivity contribution in [2.75, 3.05) is 10.6 Å². The molecule has 0 spiro atoms. The topological polar surface area (TPSA) is 58.2 Å². The van der Waals surface area contributed by atoms with Gasteiger partial charge in [-0.2, -0.15) is 0 Å². The van der Waals surface area contributed by atoms with Crippen molar-refractivity contribution in [3.05, 3.63) is 89.0 Å². The van der Waals surface area contributed by atoms with Gasteiger partial charge in [-0.25, -0.2) is 0 Å². The number of thioether (sulfide) groups is 1. The van der Waals surface area contributed by atoms with E-state index in [1.165, 1.54) is 11.8 Å². The Hall–Kier alpha value is -3.05. The maximum atomic E-state index is 12.7. The molecule has 1 atom stereocenters. The zero-order valence-corrected chi connectivity index (χ0v) is 18.5. The molecule has 4 nitrogen and oxygen atoms in total. The van der Waals surface area contributed by atoms with Gasteiger partial charge in [-0.05, 0) is 69.2 Å². The molecule has 2 amide bonds. The second-order valence-corrected chi connectivity index (χ2v) is 8.78. The van der Waals surface area contributed by atoms with Crippen LogP contribution < -0.4 is 10.6 Å². The third-order valence-electron chi connectivity index (χ3n) is 4.78. The van der Waals surface area contributed by atoms with Gasteiger partial charge in [-0.1, -0.05) is 42.0 Å². The minimum Gasteiger partial charge on any atom is -0.325 e. The lowest BCUT2D eigenvalue weighted by atomic mass is 10.1. The highest BCUT2D eigenvalue weighted by Crippen LogP contribution is 2.28. The predicted molar refractivity (Wildman–Crippen MR) is 125 cm³/mol. The normalized spacial score (nSPS) is 11.6. The predicted octanol–water partition coefficient (Wildman–Crippen LogP) is 5.98. The number of hydrogen-bond acceptors (Lipinski definition) is 3. The molecular weight excluding hydrogens is 392 g/mol. The standard InChI is InChI=1S/C25H26N2O2S/c1-16-8-5-11-20(14-16)25(29)26-21-12-7-13-22(15-21)30-19(4)24(28)27-23-17(2)9-6-10-18(23)3/h5-15,19H,1-4H3,(H,26,29)(H,27,28). The Morgan fingerprint density at radius 2 is 1.50 bits per heavy atom. The first kappa shape index (κ1) is 21.7. The molecule has 0 fully saturated rings. The highest BCUT2D eigenvalue weighted by atomic mass is 32.2. The number of rotatable bonds is 6. The van der Waals surface area contributed by atoms with E-state index in [0.29, 0.717) is 11.3 Å². The van der Waals surface area contributed by atoms with E-state index in [0.717, 1.165) is 27.3 Å². The molecule has 3 rings (SSSR count). The van der Waals surface area contributed by atoms with E-state index in [4.69, 9.17) is 0 Å². The van der Waals surface area contributed by atoms with Crippen LogP contribution in [0.1, 0.15) is 34.0 Å². The van der Waals surface area contributed by atoms with Crippen LogP contribution in [0.25, 0.3) is 0 Å². The highest BCUT2D eigenvalue weighted by molar-refractivity contribution is 8.00. The molecule has 2 N–H and O–H groups in total. The van der Waals surface area contributed by atoms with Gasteiger partial charge in [-0.15, -0.1) is 11.8 Å². The Morgan fingerprint density at radius 3 is 2.20 bits per heavy atom. The van der Waals surface area contributed by atoms with Crippen molar-refractivity contribution in [1.29, 1.82) is 0 Å². The maximum Gasteiger partial charge on any atom is 0.255 e. The molecule has 154 valence electrons. The fourth-order valence-corrected chi connectivity index (χ4v) is 4.06. The molecule has 1 unspecified atom stereocenters. The van der Waals surface area contributed by atoms with Crippen LogP contribution in [0.2, 0.25) is 0 Å². The lowest BCUT2D eigenvalue weighted by molar-refractivity contribution is -0.115. The molecule has 3 aromatic carbocycles. The molecule has 30 heavy (non-hydrogen) atoms. The minimum absolute atomic E-state index is 0.0494. The molecular formula is C25H26N2O2S. The first-order chi connectivity index (χ1) is 14.3. The zero-order valence-electron chi connectivity index (χ0n) is 17.7. The van der Waals surface area contributed by atoms with Gasteiger partial charge in [0.25, 0.3) is 5.91 Å². The molecule has 0 heterocycles. The molecule has 5 heteroatoms. The van der Waals surface area contributed by atoms with E-state index in [9.17, 15) is 9.59 Å². The van der Waals surface area contributed by atoms with Gasteiger partial charge in [0, 0.05) is 21.8 Å². The summed E-state index contributed by atoms with van der Waals surface area (Å²) < 4.78 is 0. The fourth-order valence-electron chi connectivity index (χ4n) is 3.13. The third-order valence-corrected chi connectivity index (χ3v) is 5.88. The Morgan fingerprint density at radius 1 is 0.833 bits per heavy atom. The molecule has 0 saturated carbocycles. The second kappa shape index (κ2) is 9.63. The quantitative estimate of drug-likeness (QED) is 0.484. The lowest BCUT2D eigenvalue weighted by Gasteiger charge is -2.16. The number of benzene rings is 3. The van der Waals surface area contributed by atoms with Crippen LogP contribution in [0.3, 0.4) is 0 Å². The number of carbonyl (C=O) groups is 2. The molecule has 0 saturated heterocycles. The van der Waals surface area contributed by atoms with E-state index in [1.54, 1.807) is 6.07 Å². The average molecular weight is 419 g/mol. The smallest absolute Gasteiger partial charge is 0.255 e. The van der Waals surface area contributed by atoms with Gasteiger partial charge in [0.05, 0.1) is 5.25 Å². The average Bonchev–Trinajstić information content (AvgIpc) is 2.71. The Kier molecular flexibility index (Phi) is 6.95. The van der Waals surface area contributed by atoms with Crippen LogP contribution in [0.5, 0.6) is 0 Å². The molecule has 0 radical (unpaired) electrons. The number of hydrogen-bond donors (Lipinski definition) is 2. The number of nitrogens with one attached hydrogen (secondary N) is 2. The number of anilines is 2. The van der Waals surface area contributed by atoms with Crippen molar-refractivity contribution in [3.63, 3.8) is 0 Å². The lowest BCUT2D eigenvalue weighted by Crippen LogP contribution is -2.23. The van der Waals surface area contributed by atoms with Crippen molar-refractivity contribution >= 4 is 35.0 Å². The zero-order chi connectivity index (χ0) is 21.7. The molecule has 0 aliphatic rings. The van der Waals surface area contributed by atoms with E-state index in [2.05, 4.69) is 10.6 Å². The number of amides is 2. The first-order valence-corrected chi connectivity index (χ1v) is 10.7. The number of para-hydroxylation sites is 1. The van der Waals surface area contributed by atoms with Crippen LogP contribution in [-0.2, 0) is 4.79 Å². The van der Waals surface area contributed by atoms with Gasteiger partial charge in [0.15, 0.2) is 0 Å². The summed E-state index contributed by atoms with van der Waals surface area (Å²) in [7, 11) is 0. The van der Waals surface area contributed by atoms with Gasteiger partial charge in [-0.3, -0.25) is 9.59 Å². The van der Waals surface area contributed by atoms with Crippen molar-refractivity contribution in [2.24, 2.45) is 0 Å². The monoisotopic (exact) mass is 418 g/mol. The largest absolute Gasteiger partial charge is 0.325 e. The van der Waals surface area contributed by atoms with Crippen LogP contribution in [0.15, 0.2) is 71.6 Å². The van der Waals surface area contributed by atoms with Gasteiger partial charge in [0.1, 0.15) is 0 Å². The van der Waals surface area contributed by atoms with Crippen LogP contribution in [0.4, 0.5) is 11.4 Å². The minimum atomic E-state index is -0.285. The second-order valence-electron chi connectivity index (χ2n) is 7.37. The summed E-state index contributed by atoms with van der Waals surface area (Å²) in [5.74, 6) is -0.201. The van der Waals surface area contributed by atoms with E-state index >= 15 is 0 Å². The van der Waals surface area contributed by atoms with E-state index in [-0.39, 0.29) is 17.1 Å². The fraction of sp³-hybridized carbons (Fsp3) is 0.200. The van der Waals surface area contributed by atoms with Crippen molar-refractivity contribution in [3.8, 4) is 0 Å². The molecule has 0 aromatic heterocycles. The molecule has 0 aliphatic carbocycles. The number of aryl methyl sites for hydroxylation is 3. The summed E-state index contributed by atoms with van der Waals surface area (Å²) in [4.78, 5) is 26.1. The Balaban J connectivity index is 1.65. The van der Waals surface area contributed by atoms with E-state index in [1.807, 2.05) is 88.4 Å². The first-order valence-electron chi connectivity index (χ1n) is 9.85. The molecule has 0 bridgehead atoms. The van der Waals surface area contributed by atoms with Crippen LogP contribution in [0, 0.1) is 20.8 Å². The van der Waals surface area contributed by atoms with Gasteiger partial charge < -0.3 is 10.6 Å². The summed E-state index contributed by atoms with van der Waals surface area (Å²) in [6.45, 7) is 7.81. The maximum absolute atomic E-state index is 12.7. The highest BCUT2D eigenvalue weighted by Gasteiger charge is 2.17. The summed E-state index contributed by atoms with van der Waals surface area (Å²) >= 11 is 1.46. The van der Waals surface area contributed by atoms with Crippen LogP contribution >= 0.6 is 11.8 Å². The molecule has 3 aromatic rings. The SMILES string of the molecule is Cc1cccc(C(=O)Nc2cccc(SC(C)C(=O)Nc3c(C)cccc3C)c2)c1. The third kappa shape index (κ3) is 5.51. The Labute approximate surface area is 182 Å². The van der Waals surface area contributed by atoms with Gasteiger partial charge >= 0.3 is 0 Å². The Bertz CT molecular complexity index is 1060.